The highest BCUT2D eigenvalue weighted by molar-refractivity contribution is 5.03. The number of rotatable bonds is 6. The Balaban J connectivity index is 3.87. The van der Waals surface area contributed by atoms with Gasteiger partial charge in [-0.05, 0) is 33.4 Å². The summed E-state index contributed by atoms with van der Waals surface area (Å²) >= 11 is 0. The van der Waals surface area contributed by atoms with Crippen molar-refractivity contribution in [3.05, 3.63) is 0 Å². The van der Waals surface area contributed by atoms with E-state index in [1.807, 2.05) is 14.0 Å². The summed E-state index contributed by atoms with van der Waals surface area (Å²) in [6.45, 7) is 8.40. The minimum Gasteiger partial charge on any atom is -0.306 e. The standard InChI is InChI=1S/C11H23N3/c1-10(2)8-14(5)7-6-11(3,9-12)13-4/h10,13H,6-8H2,1-5H3. The Bertz CT molecular complexity index is 195. The van der Waals surface area contributed by atoms with Gasteiger partial charge in [-0.1, -0.05) is 13.8 Å². The number of nitrogens with one attached hydrogen (secondary N) is 1. The molecule has 0 aromatic rings. The average Bonchev–Trinajstić information content (AvgIpc) is 2.13. The van der Waals surface area contributed by atoms with E-state index in [1.165, 1.54) is 0 Å². The van der Waals surface area contributed by atoms with Gasteiger partial charge in [-0.2, -0.15) is 5.26 Å². The molecule has 1 unspecified atom stereocenters. The summed E-state index contributed by atoms with van der Waals surface area (Å²) < 4.78 is 0. The fraction of sp³-hybridized carbons (Fsp3) is 0.909. The molecular formula is C11H23N3. The Morgan fingerprint density at radius 2 is 2.07 bits per heavy atom. The molecular weight excluding hydrogens is 174 g/mol. The van der Waals surface area contributed by atoms with Gasteiger partial charge < -0.3 is 10.2 Å². The van der Waals surface area contributed by atoms with Gasteiger partial charge in [-0.25, -0.2) is 0 Å². The smallest absolute Gasteiger partial charge is 0.104 e. The highest BCUT2D eigenvalue weighted by Gasteiger charge is 2.21. The molecule has 0 aliphatic rings. The Kier molecular flexibility index (Phi) is 5.75. The SMILES string of the molecule is CNC(C)(C#N)CCN(C)CC(C)C. The number of nitrogens with zero attached hydrogens (tertiary/aromatic N) is 2. The van der Waals surface area contributed by atoms with E-state index in [9.17, 15) is 0 Å². The second-order valence-corrected chi connectivity index (χ2v) is 4.60. The van der Waals surface area contributed by atoms with Crippen LogP contribution in [0, 0.1) is 17.2 Å². The lowest BCUT2D eigenvalue weighted by molar-refractivity contribution is 0.267. The minimum absolute atomic E-state index is 0.384. The van der Waals surface area contributed by atoms with Crippen molar-refractivity contribution in [2.45, 2.75) is 32.7 Å². The predicted molar refractivity (Wildman–Crippen MR) is 60.0 cm³/mol. The third-order valence-electron chi connectivity index (χ3n) is 2.47. The summed E-state index contributed by atoms with van der Waals surface area (Å²) in [6, 6.07) is 2.30. The van der Waals surface area contributed by atoms with E-state index >= 15 is 0 Å². The Morgan fingerprint density at radius 3 is 2.43 bits per heavy atom. The molecule has 1 N–H and O–H groups in total. The van der Waals surface area contributed by atoms with Crippen LogP contribution in [-0.4, -0.2) is 37.6 Å². The summed E-state index contributed by atoms with van der Waals surface area (Å²) in [6.07, 6.45) is 0.864. The predicted octanol–water partition coefficient (Wildman–Crippen LogP) is 1.47. The van der Waals surface area contributed by atoms with Crippen LogP contribution in [0.25, 0.3) is 0 Å². The fourth-order valence-electron chi connectivity index (χ4n) is 1.37. The second kappa shape index (κ2) is 6.00. The van der Waals surface area contributed by atoms with E-state index < -0.39 is 0 Å². The lowest BCUT2D eigenvalue weighted by Crippen LogP contribution is -2.41. The number of hydrogen-bond acceptors (Lipinski definition) is 3. The quantitative estimate of drug-likeness (QED) is 0.701. The van der Waals surface area contributed by atoms with Gasteiger partial charge in [0.25, 0.3) is 0 Å². The van der Waals surface area contributed by atoms with Gasteiger partial charge in [0.15, 0.2) is 0 Å². The highest BCUT2D eigenvalue weighted by Crippen LogP contribution is 2.08. The molecule has 82 valence electrons. The van der Waals surface area contributed by atoms with Crippen molar-refractivity contribution in [3.8, 4) is 6.07 Å². The highest BCUT2D eigenvalue weighted by atomic mass is 15.1. The first-order chi connectivity index (χ1) is 6.43. The van der Waals surface area contributed by atoms with Crippen LogP contribution in [0.5, 0.6) is 0 Å². The van der Waals surface area contributed by atoms with Crippen molar-refractivity contribution in [1.29, 1.82) is 5.26 Å². The van der Waals surface area contributed by atoms with E-state index in [0.717, 1.165) is 19.5 Å². The Hall–Kier alpha value is -0.590. The molecule has 0 saturated heterocycles. The maximum atomic E-state index is 8.95. The van der Waals surface area contributed by atoms with Crippen LogP contribution >= 0.6 is 0 Å². The van der Waals surface area contributed by atoms with Crippen molar-refractivity contribution in [2.75, 3.05) is 27.2 Å². The molecule has 0 fully saturated rings. The third-order valence-corrected chi connectivity index (χ3v) is 2.47. The molecule has 3 nitrogen and oxygen atoms in total. The summed E-state index contributed by atoms with van der Waals surface area (Å²) in [5.41, 5.74) is -0.384. The van der Waals surface area contributed by atoms with Crippen LogP contribution in [-0.2, 0) is 0 Å². The molecule has 0 rings (SSSR count). The summed E-state index contributed by atoms with van der Waals surface area (Å²) in [4.78, 5) is 2.28. The molecule has 0 heterocycles. The molecule has 0 bridgehead atoms. The van der Waals surface area contributed by atoms with E-state index in [2.05, 4.69) is 37.2 Å². The molecule has 0 spiro atoms. The van der Waals surface area contributed by atoms with Gasteiger partial charge in [0.2, 0.25) is 0 Å². The van der Waals surface area contributed by atoms with Crippen molar-refractivity contribution in [2.24, 2.45) is 5.92 Å². The second-order valence-electron chi connectivity index (χ2n) is 4.60. The fourth-order valence-corrected chi connectivity index (χ4v) is 1.37. The number of nitriles is 1. The van der Waals surface area contributed by atoms with Crippen molar-refractivity contribution in [3.63, 3.8) is 0 Å². The lowest BCUT2D eigenvalue weighted by atomic mass is 10.00. The van der Waals surface area contributed by atoms with E-state index in [1.54, 1.807) is 0 Å². The van der Waals surface area contributed by atoms with E-state index in [0.29, 0.717) is 5.92 Å². The van der Waals surface area contributed by atoms with E-state index in [4.69, 9.17) is 5.26 Å². The molecule has 3 heteroatoms. The third kappa shape index (κ3) is 5.21. The maximum Gasteiger partial charge on any atom is 0.104 e. The van der Waals surface area contributed by atoms with Crippen LogP contribution < -0.4 is 5.32 Å². The summed E-state index contributed by atoms with van der Waals surface area (Å²) in [5.74, 6) is 0.683. The van der Waals surface area contributed by atoms with Crippen molar-refractivity contribution in [1.82, 2.24) is 10.2 Å². The van der Waals surface area contributed by atoms with Gasteiger partial charge in [-0.15, -0.1) is 0 Å². The maximum absolute atomic E-state index is 8.95. The zero-order valence-electron chi connectivity index (χ0n) is 10.1. The van der Waals surface area contributed by atoms with Gasteiger partial charge >= 0.3 is 0 Å². The molecule has 0 aliphatic carbocycles. The van der Waals surface area contributed by atoms with Crippen LogP contribution in [0.4, 0.5) is 0 Å². The first kappa shape index (κ1) is 13.4. The molecule has 0 aliphatic heterocycles. The van der Waals surface area contributed by atoms with E-state index in [-0.39, 0.29) is 5.54 Å². The Morgan fingerprint density at radius 1 is 1.50 bits per heavy atom. The summed E-state index contributed by atoms with van der Waals surface area (Å²) in [5, 5.41) is 12.0. The monoisotopic (exact) mass is 197 g/mol. The zero-order chi connectivity index (χ0) is 11.2. The normalized spacial score (nSPS) is 15.6. The lowest BCUT2D eigenvalue weighted by Gasteiger charge is -2.25. The Labute approximate surface area is 88.1 Å². The number of hydrogen-bond donors (Lipinski definition) is 1. The molecule has 0 aromatic heterocycles. The summed E-state index contributed by atoms with van der Waals surface area (Å²) in [7, 11) is 3.94. The first-order valence-corrected chi connectivity index (χ1v) is 5.22. The van der Waals surface area contributed by atoms with Crippen molar-refractivity contribution < 1.29 is 0 Å². The van der Waals surface area contributed by atoms with Gasteiger partial charge in [0.05, 0.1) is 6.07 Å². The van der Waals surface area contributed by atoms with Crippen LogP contribution in [0.3, 0.4) is 0 Å². The van der Waals surface area contributed by atoms with Gasteiger partial charge in [0.1, 0.15) is 5.54 Å². The minimum atomic E-state index is -0.384. The molecule has 1 atom stereocenters. The van der Waals surface area contributed by atoms with Crippen molar-refractivity contribution >= 4 is 0 Å². The zero-order valence-corrected chi connectivity index (χ0v) is 10.1. The van der Waals surface area contributed by atoms with Crippen LogP contribution in [0.2, 0.25) is 0 Å². The average molecular weight is 197 g/mol. The van der Waals surface area contributed by atoms with Gasteiger partial charge in [-0.3, -0.25) is 0 Å². The molecule has 14 heavy (non-hydrogen) atoms. The largest absolute Gasteiger partial charge is 0.306 e. The van der Waals surface area contributed by atoms with Crippen LogP contribution in [0.1, 0.15) is 27.2 Å². The first-order valence-electron chi connectivity index (χ1n) is 5.22. The molecule has 0 amide bonds. The van der Waals surface area contributed by atoms with Gasteiger partial charge in [0, 0.05) is 13.1 Å². The topological polar surface area (TPSA) is 39.1 Å². The molecule has 0 radical (unpaired) electrons. The molecule has 0 aromatic carbocycles. The van der Waals surface area contributed by atoms with Crippen LogP contribution in [0.15, 0.2) is 0 Å². The molecule has 0 saturated carbocycles.